The minimum atomic E-state index is -2.85. The number of furan rings is 1. The van der Waals surface area contributed by atoms with Crippen molar-refractivity contribution >= 4 is 28.6 Å². The van der Waals surface area contributed by atoms with Crippen molar-refractivity contribution in [3.8, 4) is 34.5 Å². The smallest absolute Gasteiger partial charge is 0.280 e. The number of aromatic nitrogens is 3. The maximum absolute atomic E-state index is 13.6. The Labute approximate surface area is 230 Å². The van der Waals surface area contributed by atoms with Crippen molar-refractivity contribution in [1.29, 1.82) is 0 Å². The first-order valence-corrected chi connectivity index (χ1v) is 13.3. The molecule has 204 valence electrons. The molecule has 1 amide bonds. The van der Waals surface area contributed by atoms with E-state index in [1.54, 1.807) is 12.1 Å². The summed E-state index contributed by atoms with van der Waals surface area (Å²) in [4.78, 5) is 34.7. The quantitative estimate of drug-likeness (QED) is 0.302. The fourth-order valence-electron chi connectivity index (χ4n) is 4.19. The molecular weight excluding hydrogens is 542 g/mol. The van der Waals surface area contributed by atoms with E-state index in [4.69, 9.17) is 9.15 Å². The highest BCUT2D eigenvalue weighted by Crippen LogP contribution is 2.35. The average Bonchev–Trinajstić information content (AvgIpc) is 3.47. The minimum absolute atomic E-state index is 0.0841. The summed E-state index contributed by atoms with van der Waals surface area (Å²) in [6, 6.07) is 5.79. The molecule has 0 bridgehead atoms. The molecule has 10 nitrogen and oxygen atoms in total. The molecule has 3 N–H and O–H groups in total. The molecule has 4 aromatic heterocycles. The average molecular weight is 565 g/mol. The zero-order valence-electron chi connectivity index (χ0n) is 21.0. The summed E-state index contributed by atoms with van der Waals surface area (Å²) in [5.41, 5.74) is 5.53. The van der Waals surface area contributed by atoms with Gasteiger partial charge in [-0.15, -0.1) is 0 Å². The first-order valence-electron chi connectivity index (χ1n) is 12.3. The van der Waals surface area contributed by atoms with E-state index in [0.717, 1.165) is 18.9 Å². The van der Waals surface area contributed by atoms with Crippen LogP contribution in [0.15, 0.2) is 58.3 Å². The van der Waals surface area contributed by atoms with Gasteiger partial charge in [-0.05, 0) is 37.1 Å². The van der Waals surface area contributed by atoms with Gasteiger partial charge in [0.05, 0.1) is 30.5 Å². The summed E-state index contributed by atoms with van der Waals surface area (Å²) in [5.74, 6) is 6.58. The topological polar surface area (TPSA) is 123 Å². The van der Waals surface area contributed by atoms with Crippen LogP contribution in [-0.4, -0.2) is 38.4 Å². The van der Waals surface area contributed by atoms with Crippen molar-refractivity contribution in [2.75, 3.05) is 7.11 Å². The Kier molecular flexibility index (Phi) is 6.97. The van der Waals surface area contributed by atoms with Crippen LogP contribution in [0.25, 0.3) is 27.9 Å². The zero-order chi connectivity index (χ0) is 27.8. The first kappa shape index (κ1) is 26.0. The maximum atomic E-state index is 13.6. The lowest BCUT2D eigenvalue weighted by Crippen LogP contribution is -2.43. The number of halogens is 2. The van der Waals surface area contributed by atoms with Crippen LogP contribution < -0.4 is 26.5 Å². The van der Waals surface area contributed by atoms with Crippen LogP contribution >= 0.6 is 11.8 Å². The molecule has 6 rings (SSSR count). The van der Waals surface area contributed by atoms with Crippen molar-refractivity contribution in [2.45, 2.75) is 30.1 Å². The van der Waals surface area contributed by atoms with Gasteiger partial charge in [-0.2, -0.15) is 0 Å². The normalized spacial score (nSPS) is 18.5. The standard InChI is InChI=1S/C27H22F2N6O4S/c1-38-21-13-30-19(24(28)29)10-17(21)16-11-22(35-8-6-20-15(26(35)37)7-9-39-20)31-12-18(16)25(36)32-27-34-33-23(40-27)5-4-14-2-3-14/h6-14,23-24,27,33-34H,2-3H2,1H3,(H,32,36). The highest BCUT2D eigenvalue weighted by molar-refractivity contribution is 8.00. The highest BCUT2D eigenvalue weighted by Gasteiger charge is 2.28. The number of pyridine rings is 3. The van der Waals surface area contributed by atoms with Gasteiger partial charge < -0.3 is 14.5 Å². The molecule has 2 atom stereocenters. The van der Waals surface area contributed by atoms with Crippen molar-refractivity contribution in [2.24, 2.45) is 5.92 Å². The van der Waals surface area contributed by atoms with E-state index < -0.39 is 29.1 Å². The molecule has 1 saturated heterocycles. The number of alkyl halides is 2. The molecular formula is C27H22F2N6O4S. The molecule has 1 aliphatic heterocycles. The number of rotatable bonds is 6. The largest absolute Gasteiger partial charge is 0.494 e. The number of methoxy groups -OCH3 is 1. The third kappa shape index (κ3) is 5.16. The number of thioether (sulfide) groups is 1. The predicted molar refractivity (Wildman–Crippen MR) is 144 cm³/mol. The number of fused-ring (bicyclic) bond motifs is 1. The lowest BCUT2D eigenvalue weighted by atomic mass is 10.00. The Bertz CT molecular complexity index is 1730. The van der Waals surface area contributed by atoms with E-state index in [1.165, 1.54) is 54.4 Å². The molecule has 0 aromatic carbocycles. The van der Waals surface area contributed by atoms with Crippen LogP contribution in [0.5, 0.6) is 5.75 Å². The Morgan fingerprint density at radius 1 is 1.20 bits per heavy atom. The van der Waals surface area contributed by atoms with Crippen molar-refractivity contribution in [1.82, 2.24) is 30.7 Å². The molecule has 0 radical (unpaired) electrons. The summed E-state index contributed by atoms with van der Waals surface area (Å²) >= 11 is 1.39. The van der Waals surface area contributed by atoms with E-state index in [-0.39, 0.29) is 33.6 Å². The summed E-state index contributed by atoms with van der Waals surface area (Å²) in [7, 11) is 1.37. The summed E-state index contributed by atoms with van der Waals surface area (Å²) in [5, 5.41) is 3.00. The monoisotopic (exact) mass is 564 g/mol. The molecule has 2 aliphatic rings. The zero-order valence-corrected chi connectivity index (χ0v) is 21.8. The van der Waals surface area contributed by atoms with Gasteiger partial charge in [0.2, 0.25) is 0 Å². The van der Waals surface area contributed by atoms with E-state index in [1.807, 2.05) is 0 Å². The Morgan fingerprint density at radius 3 is 2.83 bits per heavy atom. The van der Waals surface area contributed by atoms with Crippen LogP contribution in [0.4, 0.5) is 8.78 Å². The van der Waals surface area contributed by atoms with Gasteiger partial charge in [0.25, 0.3) is 17.9 Å². The molecule has 0 spiro atoms. The number of hydrazine groups is 1. The Morgan fingerprint density at radius 2 is 2.05 bits per heavy atom. The molecule has 5 heterocycles. The van der Waals surface area contributed by atoms with Crippen LogP contribution in [0.1, 0.15) is 35.3 Å². The van der Waals surface area contributed by atoms with E-state index in [9.17, 15) is 18.4 Å². The van der Waals surface area contributed by atoms with Gasteiger partial charge in [0.1, 0.15) is 33.7 Å². The van der Waals surface area contributed by atoms with E-state index in [0.29, 0.717) is 16.9 Å². The second-order valence-corrected chi connectivity index (χ2v) is 10.3. The SMILES string of the molecule is COc1cnc(C(F)F)cc1-c1cc(-n2ccc3occc3c2=O)ncc1C(=O)NC1NNC(C#CC2CC2)S1. The number of hydrogen-bond acceptors (Lipinski definition) is 9. The van der Waals surface area contributed by atoms with E-state index >= 15 is 0 Å². The second-order valence-electron chi connectivity index (χ2n) is 9.11. The Balaban J connectivity index is 1.40. The molecule has 1 aliphatic carbocycles. The fourth-order valence-corrected chi connectivity index (χ4v) is 5.05. The van der Waals surface area contributed by atoms with Crippen LogP contribution in [0, 0.1) is 17.8 Å². The number of nitrogens with zero attached hydrogens (tertiary/aromatic N) is 3. The number of hydrogen-bond donors (Lipinski definition) is 3. The second kappa shape index (κ2) is 10.7. The van der Waals surface area contributed by atoms with Gasteiger partial charge >= 0.3 is 0 Å². The summed E-state index contributed by atoms with van der Waals surface area (Å²) < 4.78 is 39.2. The third-order valence-electron chi connectivity index (χ3n) is 6.40. The van der Waals surface area contributed by atoms with Gasteiger partial charge in [-0.1, -0.05) is 23.6 Å². The number of amides is 1. The summed E-state index contributed by atoms with van der Waals surface area (Å²) in [6.45, 7) is 0. The maximum Gasteiger partial charge on any atom is 0.280 e. The predicted octanol–water partition coefficient (Wildman–Crippen LogP) is 3.58. The molecule has 2 fully saturated rings. The summed E-state index contributed by atoms with van der Waals surface area (Å²) in [6.07, 6.45) is 4.72. The lowest BCUT2D eigenvalue weighted by Gasteiger charge is -2.17. The van der Waals surface area contributed by atoms with Crippen LogP contribution in [-0.2, 0) is 0 Å². The number of nitrogens with one attached hydrogen (secondary N) is 3. The van der Waals surface area contributed by atoms with Crippen LogP contribution in [0.3, 0.4) is 0 Å². The van der Waals surface area contributed by atoms with Gasteiger partial charge in [-0.3, -0.25) is 19.1 Å². The number of carbonyl (C=O) groups excluding carboxylic acids is 1. The van der Waals surface area contributed by atoms with Gasteiger partial charge in [0, 0.05) is 29.4 Å². The number of carbonyl (C=O) groups is 1. The molecule has 4 aromatic rings. The van der Waals surface area contributed by atoms with Gasteiger partial charge in [-0.25, -0.2) is 24.6 Å². The first-order chi connectivity index (χ1) is 19.4. The van der Waals surface area contributed by atoms with E-state index in [2.05, 4.69) is 38.0 Å². The minimum Gasteiger partial charge on any atom is -0.494 e. The van der Waals surface area contributed by atoms with Crippen molar-refractivity contribution < 1.29 is 22.7 Å². The van der Waals surface area contributed by atoms with Crippen molar-refractivity contribution in [3.63, 3.8) is 0 Å². The lowest BCUT2D eigenvalue weighted by molar-refractivity contribution is 0.0945. The number of ether oxygens (including phenoxy) is 1. The van der Waals surface area contributed by atoms with Crippen molar-refractivity contribution in [3.05, 3.63) is 70.7 Å². The highest BCUT2D eigenvalue weighted by atomic mass is 32.2. The molecule has 1 saturated carbocycles. The third-order valence-corrected chi connectivity index (χ3v) is 7.41. The molecule has 2 unspecified atom stereocenters. The van der Waals surface area contributed by atoms with Crippen LogP contribution in [0.2, 0.25) is 0 Å². The van der Waals surface area contributed by atoms with Gasteiger partial charge in [0.15, 0.2) is 0 Å². The Hall–Kier alpha value is -4.25. The molecule has 40 heavy (non-hydrogen) atoms. The fraction of sp³-hybridized carbons (Fsp3) is 0.259. The molecule has 13 heteroatoms.